The smallest absolute Gasteiger partial charge is 0.255 e. The van der Waals surface area contributed by atoms with Crippen molar-refractivity contribution in [1.82, 2.24) is 10.6 Å². The van der Waals surface area contributed by atoms with Crippen molar-refractivity contribution in [3.63, 3.8) is 0 Å². The average molecular weight is 318 g/mol. The minimum absolute atomic E-state index is 0.0280. The highest BCUT2D eigenvalue weighted by molar-refractivity contribution is 14.1. The molecule has 5 heteroatoms. The van der Waals surface area contributed by atoms with Crippen molar-refractivity contribution in [3.05, 3.63) is 27.3 Å². The second kappa shape index (κ2) is 4.36. The Balaban J connectivity index is 2.12. The van der Waals surface area contributed by atoms with Crippen LogP contribution in [0.1, 0.15) is 10.4 Å². The number of phenolic OH excluding ortho intramolecular Hbond substituents is 1. The summed E-state index contributed by atoms with van der Waals surface area (Å²) in [5.74, 6) is -0.183. The van der Waals surface area contributed by atoms with Gasteiger partial charge in [0.15, 0.2) is 0 Å². The van der Waals surface area contributed by atoms with Gasteiger partial charge in [0.25, 0.3) is 5.91 Å². The van der Waals surface area contributed by atoms with E-state index in [2.05, 4.69) is 33.2 Å². The van der Waals surface area contributed by atoms with Gasteiger partial charge in [0, 0.05) is 16.7 Å². The molecule has 0 atom stereocenters. The van der Waals surface area contributed by atoms with Crippen LogP contribution in [0.4, 0.5) is 0 Å². The zero-order valence-corrected chi connectivity index (χ0v) is 10.1. The summed E-state index contributed by atoms with van der Waals surface area (Å²) in [6.07, 6.45) is 0. The summed E-state index contributed by atoms with van der Waals surface area (Å²) < 4.78 is 0.933. The molecule has 0 radical (unpaired) electrons. The van der Waals surface area contributed by atoms with Gasteiger partial charge in [-0.3, -0.25) is 4.79 Å². The van der Waals surface area contributed by atoms with E-state index >= 15 is 0 Å². The summed E-state index contributed by atoms with van der Waals surface area (Å²) in [5, 5.41) is 15.4. The van der Waals surface area contributed by atoms with Gasteiger partial charge in [-0.2, -0.15) is 0 Å². The summed E-state index contributed by atoms with van der Waals surface area (Å²) in [7, 11) is 0. The number of aromatic hydroxyl groups is 1. The summed E-state index contributed by atoms with van der Waals surface area (Å²) in [4.78, 5) is 11.7. The summed E-state index contributed by atoms with van der Waals surface area (Å²) in [6, 6.07) is 5.17. The van der Waals surface area contributed by atoms with Crippen LogP contribution < -0.4 is 10.6 Å². The maximum Gasteiger partial charge on any atom is 0.255 e. The fraction of sp³-hybridized carbons (Fsp3) is 0.300. The van der Waals surface area contributed by atoms with E-state index in [0.29, 0.717) is 5.56 Å². The molecule has 4 nitrogen and oxygen atoms in total. The standard InChI is InChI=1S/C10H11IN2O2/c11-6-1-2-9(14)8(3-6)10(15)13-7-4-12-5-7/h1-3,7,12,14H,4-5H2,(H,13,15). The minimum Gasteiger partial charge on any atom is -0.507 e. The molecule has 0 spiro atoms. The zero-order chi connectivity index (χ0) is 10.8. The molecule has 0 unspecified atom stereocenters. The fourth-order valence-corrected chi connectivity index (χ4v) is 1.84. The Morgan fingerprint density at radius 2 is 2.27 bits per heavy atom. The molecule has 1 aliphatic rings. The second-order valence-corrected chi connectivity index (χ2v) is 4.74. The Hall–Kier alpha value is -0.820. The lowest BCUT2D eigenvalue weighted by atomic mass is 10.1. The van der Waals surface area contributed by atoms with Crippen LogP contribution in [0.3, 0.4) is 0 Å². The fourth-order valence-electron chi connectivity index (χ4n) is 1.34. The number of benzene rings is 1. The molecular weight excluding hydrogens is 307 g/mol. The Morgan fingerprint density at radius 3 is 2.87 bits per heavy atom. The van der Waals surface area contributed by atoms with Crippen LogP contribution in [-0.4, -0.2) is 30.1 Å². The normalized spacial score (nSPS) is 15.8. The SMILES string of the molecule is O=C(NC1CNC1)c1cc(I)ccc1O. The first-order chi connectivity index (χ1) is 7.16. The van der Waals surface area contributed by atoms with Gasteiger partial charge in [-0.15, -0.1) is 0 Å². The third-order valence-corrected chi connectivity index (χ3v) is 2.99. The highest BCUT2D eigenvalue weighted by atomic mass is 127. The Bertz CT molecular complexity index is 391. The number of hydrogen-bond donors (Lipinski definition) is 3. The molecule has 15 heavy (non-hydrogen) atoms. The first-order valence-corrected chi connectivity index (χ1v) is 5.75. The van der Waals surface area contributed by atoms with Crippen molar-refractivity contribution in [1.29, 1.82) is 0 Å². The van der Waals surface area contributed by atoms with Crippen LogP contribution >= 0.6 is 22.6 Å². The monoisotopic (exact) mass is 318 g/mol. The quantitative estimate of drug-likeness (QED) is 0.704. The molecule has 1 fully saturated rings. The van der Waals surface area contributed by atoms with Crippen LogP contribution in [0, 0.1) is 3.57 Å². The third-order valence-electron chi connectivity index (χ3n) is 2.32. The molecule has 2 rings (SSSR count). The van der Waals surface area contributed by atoms with Crippen molar-refractivity contribution in [3.8, 4) is 5.75 Å². The number of carbonyl (C=O) groups excluding carboxylic acids is 1. The van der Waals surface area contributed by atoms with Crippen molar-refractivity contribution in [2.75, 3.05) is 13.1 Å². The number of amides is 1. The molecule has 1 aliphatic heterocycles. The lowest BCUT2D eigenvalue weighted by Crippen LogP contribution is -2.56. The van der Waals surface area contributed by atoms with Crippen LogP contribution in [0.5, 0.6) is 5.75 Å². The molecule has 1 amide bonds. The predicted molar refractivity (Wildman–Crippen MR) is 64.9 cm³/mol. The van der Waals surface area contributed by atoms with E-state index < -0.39 is 0 Å². The van der Waals surface area contributed by atoms with Gasteiger partial charge in [0.05, 0.1) is 11.6 Å². The molecule has 0 bridgehead atoms. The summed E-state index contributed by atoms with van der Waals surface area (Å²) in [5.41, 5.74) is 0.341. The number of phenols is 1. The lowest BCUT2D eigenvalue weighted by molar-refractivity contribution is 0.0921. The highest BCUT2D eigenvalue weighted by Gasteiger charge is 2.21. The van der Waals surface area contributed by atoms with Crippen molar-refractivity contribution in [2.24, 2.45) is 0 Å². The molecule has 1 heterocycles. The van der Waals surface area contributed by atoms with Crippen LogP contribution in [-0.2, 0) is 0 Å². The van der Waals surface area contributed by atoms with E-state index in [0.717, 1.165) is 16.7 Å². The molecule has 0 aromatic heterocycles. The molecule has 1 aromatic rings. The van der Waals surface area contributed by atoms with Crippen molar-refractivity contribution in [2.45, 2.75) is 6.04 Å². The topological polar surface area (TPSA) is 61.4 Å². The van der Waals surface area contributed by atoms with E-state index in [1.54, 1.807) is 12.1 Å². The number of nitrogens with one attached hydrogen (secondary N) is 2. The first kappa shape index (κ1) is 10.7. The molecule has 1 aromatic carbocycles. The van der Waals surface area contributed by atoms with Crippen LogP contribution in [0.25, 0.3) is 0 Å². The van der Waals surface area contributed by atoms with Gasteiger partial charge >= 0.3 is 0 Å². The van der Waals surface area contributed by atoms with E-state index in [-0.39, 0.29) is 17.7 Å². The van der Waals surface area contributed by atoms with E-state index in [9.17, 15) is 9.90 Å². The largest absolute Gasteiger partial charge is 0.507 e. The molecule has 80 valence electrons. The molecular formula is C10H11IN2O2. The number of hydrogen-bond acceptors (Lipinski definition) is 3. The highest BCUT2D eigenvalue weighted by Crippen LogP contribution is 2.19. The lowest BCUT2D eigenvalue weighted by Gasteiger charge is -2.28. The molecule has 0 aliphatic carbocycles. The number of rotatable bonds is 2. The predicted octanol–water partition coefficient (Wildman–Crippen LogP) is 0.698. The summed E-state index contributed by atoms with van der Waals surface area (Å²) in [6.45, 7) is 1.60. The zero-order valence-electron chi connectivity index (χ0n) is 7.96. The van der Waals surface area contributed by atoms with Crippen molar-refractivity contribution >= 4 is 28.5 Å². The maximum atomic E-state index is 11.7. The molecule has 0 saturated carbocycles. The third kappa shape index (κ3) is 2.40. The number of halogens is 1. The first-order valence-electron chi connectivity index (χ1n) is 4.67. The molecule has 3 N–H and O–H groups in total. The van der Waals surface area contributed by atoms with E-state index in [1.165, 1.54) is 6.07 Å². The van der Waals surface area contributed by atoms with Gasteiger partial charge in [-0.25, -0.2) is 0 Å². The average Bonchev–Trinajstić information content (AvgIpc) is 2.15. The van der Waals surface area contributed by atoms with E-state index in [1.807, 2.05) is 0 Å². The van der Waals surface area contributed by atoms with Gasteiger partial charge in [0.1, 0.15) is 5.75 Å². The Morgan fingerprint density at radius 1 is 1.53 bits per heavy atom. The Kier molecular flexibility index (Phi) is 3.11. The maximum absolute atomic E-state index is 11.7. The summed E-state index contributed by atoms with van der Waals surface area (Å²) >= 11 is 2.11. The minimum atomic E-state index is -0.211. The van der Waals surface area contributed by atoms with Gasteiger partial charge in [-0.1, -0.05) is 0 Å². The van der Waals surface area contributed by atoms with Gasteiger partial charge < -0.3 is 15.7 Å². The van der Waals surface area contributed by atoms with Gasteiger partial charge in [-0.05, 0) is 40.8 Å². The Labute approximate surface area is 101 Å². The van der Waals surface area contributed by atoms with E-state index in [4.69, 9.17) is 0 Å². The van der Waals surface area contributed by atoms with Gasteiger partial charge in [0.2, 0.25) is 0 Å². The van der Waals surface area contributed by atoms with Crippen LogP contribution in [0.15, 0.2) is 18.2 Å². The second-order valence-electron chi connectivity index (χ2n) is 3.49. The number of carbonyl (C=O) groups is 1. The molecule has 1 saturated heterocycles. The van der Waals surface area contributed by atoms with Crippen LogP contribution in [0.2, 0.25) is 0 Å². The van der Waals surface area contributed by atoms with Crippen molar-refractivity contribution < 1.29 is 9.90 Å².